The molecular weight excluding hydrogens is 438 g/mol. The quantitative estimate of drug-likeness (QED) is 0.343. The minimum atomic E-state index is -0.0151. The van der Waals surface area contributed by atoms with E-state index in [4.69, 9.17) is 10.7 Å². The minimum Gasteiger partial charge on any atom is -0.382 e. The molecule has 1 aliphatic carbocycles. The van der Waals surface area contributed by atoms with Gasteiger partial charge in [0.25, 0.3) is 0 Å². The third kappa shape index (κ3) is 3.90. The van der Waals surface area contributed by atoms with Gasteiger partial charge in [0.1, 0.15) is 22.9 Å². The standard InChI is InChI=1S/C27H27N7O/c1-16-6-11-20(15-30-16)31-27(35)18-9-7-17(8-10-18)26-33-23(24-25(28)29-12-13-34(24)26)22-14-19-4-2-3-5-21(19)32-22/h2-6,11-15,17-18,32H,7-10H2,1H3,(H2,28,29)(H,31,35). The fraction of sp³-hybridized carbons (Fsp3) is 0.259. The smallest absolute Gasteiger partial charge is 0.227 e. The van der Waals surface area contributed by atoms with E-state index in [1.165, 1.54) is 0 Å². The van der Waals surface area contributed by atoms with Gasteiger partial charge in [0.2, 0.25) is 5.91 Å². The van der Waals surface area contributed by atoms with E-state index >= 15 is 0 Å². The number of H-pyrrole nitrogens is 1. The number of nitrogens with one attached hydrogen (secondary N) is 2. The number of pyridine rings is 1. The number of benzene rings is 1. The number of nitrogens with zero attached hydrogens (tertiary/aromatic N) is 4. The molecule has 0 spiro atoms. The number of carbonyl (C=O) groups is 1. The second-order valence-electron chi connectivity index (χ2n) is 9.35. The first kappa shape index (κ1) is 21.3. The molecular formula is C27H27N7O. The summed E-state index contributed by atoms with van der Waals surface area (Å²) in [6.07, 6.45) is 8.76. The van der Waals surface area contributed by atoms with E-state index in [1.807, 2.05) is 37.4 Å². The number of fused-ring (bicyclic) bond motifs is 2. The van der Waals surface area contributed by atoms with Crippen LogP contribution in [0.25, 0.3) is 27.8 Å². The van der Waals surface area contributed by atoms with Crippen LogP contribution in [0.2, 0.25) is 0 Å². The summed E-state index contributed by atoms with van der Waals surface area (Å²) >= 11 is 0. The topological polar surface area (TPSA) is 114 Å². The highest BCUT2D eigenvalue weighted by Crippen LogP contribution is 2.39. The van der Waals surface area contributed by atoms with Crippen molar-refractivity contribution in [3.63, 3.8) is 0 Å². The fourth-order valence-corrected chi connectivity index (χ4v) is 5.16. The zero-order chi connectivity index (χ0) is 23.9. The highest BCUT2D eigenvalue weighted by atomic mass is 16.1. The zero-order valence-corrected chi connectivity index (χ0v) is 19.5. The van der Waals surface area contributed by atoms with Gasteiger partial charge in [-0.3, -0.25) is 14.2 Å². The molecule has 1 fully saturated rings. The Labute approximate surface area is 202 Å². The van der Waals surface area contributed by atoms with Gasteiger partial charge < -0.3 is 16.0 Å². The Kier molecular flexibility index (Phi) is 5.21. The van der Waals surface area contributed by atoms with Crippen LogP contribution in [-0.4, -0.2) is 30.2 Å². The highest BCUT2D eigenvalue weighted by molar-refractivity contribution is 5.93. The number of amides is 1. The number of para-hydroxylation sites is 1. The Bertz CT molecular complexity index is 1490. The number of nitrogens with two attached hydrogens (primary N) is 1. The van der Waals surface area contributed by atoms with Crippen molar-refractivity contribution in [2.24, 2.45) is 5.92 Å². The van der Waals surface area contributed by atoms with Crippen LogP contribution >= 0.6 is 0 Å². The van der Waals surface area contributed by atoms with Crippen molar-refractivity contribution in [2.75, 3.05) is 11.1 Å². The van der Waals surface area contributed by atoms with Crippen molar-refractivity contribution in [1.29, 1.82) is 0 Å². The summed E-state index contributed by atoms with van der Waals surface area (Å²) in [6, 6.07) is 14.1. The van der Waals surface area contributed by atoms with E-state index in [-0.39, 0.29) is 17.7 Å². The van der Waals surface area contributed by atoms with Gasteiger partial charge in [0, 0.05) is 40.8 Å². The third-order valence-electron chi connectivity index (χ3n) is 7.04. The van der Waals surface area contributed by atoms with Crippen molar-refractivity contribution in [3.8, 4) is 11.4 Å². The molecule has 8 nitrogen and oxygen atoms in total. The average Bonchev–Trinajstić information content (AvgIpc) is 3.48. The van der Waals surface area contributed by atoms with Gasteiger partial charge in [-0.1, -0.05) is 18.2 Å². The maximum atomic E-state index is 12.8. The highest BCUT2D eigenvalue weighted by Gasteiger charge is 2.30. The fourth-order valence-electron chi connectivity index (χ4n) is 5.16. The second-order valence-corrected chi connectivity index (χ2v) is 9.35. The molecule has 0 saturated heterocycles. The third-order valence-corrected chi connectivity index (χ3v) is 7.04. The molecule has 1 aromatic carbocycles. The first-order valence-electron chi connectivity index (χ1n) is 12.0. The lowest BCUT2D eigenvalue weighted by Gasteiger charge is -2.27. The van der Waals surface area contributed by atoms with Gasteiger partial charge in [-0.2, -0.15) is 0 Å². The van der Waals surface area contributed by atoms with Crippen molar-refractivity contribution in [2.45, 2.75) is 38.5 Å². The number of aryl methyl sites for hydroxylation is 1. The summed E-state index contributed by atoms with van der Waals surface area (Å²) in [5.74, 6) is 1.73. The largest absolute Gasteiger partial charge is 0.382 e. The molecule has 0 aliphatic heterocycles. The van der Waals surface area contributed by atoms with Gasteiger partial charge >= 0.3 is 0 Å². The van der Waals surface area contributed by atoms with Gasteiger partial charge in [-0.15, -0.1) is 0 Å². The molecule has 1 amide bonds. The molecule has 35 heavy (non-hydrogen) atoms. The molecule has 8 heteroatoms. The van der Waals surface area contributed by atoms with Crippen molar-refractivity contribution >= 4 is 33.8 Å². The molecule has 4 N–H and O–H groups in total. The molecule has 4 heterocycles. The number of carbonyl (C=O) groups excluding carboxylic acids is 1. The Morgan fingerprint density at radius 3 is 2.71 bits per heavy atom. The number of imidazole rings is 1. The zero-order valence-electron chi connectivity index (χ0n) is 19.5. The summed E-state index contributed by atoms with van der Waals surface area (Å²) in [7, 11) is 0. The maximum Gasteiger partial charge on any atom is 0.227 e. The number of hydrogen-bond acceptors (Lipinski definition) is 5. The van der Waals surface area contributed by atoms with Crippen molar-refractivity contribution in [3.05, 3.63) is 72.6 Å². The van der Waals surface area contributed by atoms with E-state index < -0.39 is 0 Å². The molecule has 6 rings (SSSR count). The second kappa shape index (κ2) is 8.54. The molecule has 0 radical (unpaired) electrons. The van der Waals surface area contributed by atoms with Crippen LogP contribution in [0.1, 0.15) is 43.1 Å². The predicted molar refractivity (Wildman–Crippen MR) is 137 cm³/mol. The van der Waals surface area contributed by atoms with Crippen LogP contribution in [0, 0.1) is 12.8 Å². The van der Waals surface area contributed by atoms with E-state index in [2.05, 4.69) is 42.9 Å². The van der Waals surface area contributed by atoms with E-state index in [9.17, 15) is 4.79 Å². The van der Waals surface area contributed by atoms with Crippen LogP contribution in [0.5, 0.6) is 0 Å². The Morgan fingerprint density at radius 2 is 1.94 bits per heavy atom. The van der Waals surface area contributed by atoms with E-state index in [1.54, 1.807) is 12.4 Å². The normalized spacial score (nSPS) is 18.2. The minimum absolute atomic E-state index is 0.0151. The van der Waals surface area contributed by atoms with Gasteiger partial charge in [-0.25, -0.2) is 9.97 Å². The van der Waals surface area contributed by atoms with Gasteiger partial charge in [0.15, 0.2) is 0 Å². The Morgan fingerprint density at radius 1 is 1.11 bits per heavy atom. The molecule has 0 bridgehead atoms. The SMILES string of the molecule is Cc1ccc(NC(=O)C2CCC(c3nc(-c4cc5ccccc5[nH]4)c4c(N)nccn34)CC2)cn1. The lowest BCUT2D eigenvalue weighted by molar-refractivity contribution is -0.120. The van der Waals surface area contributed by atoms with Crippen molar-refractivity contribution < 1.29 is 4.79 Å². The molecule has 0 unspecified atom stereocenters. The molecule has 0 atom stereocenters. The Balaban J connectivity index is 1.26. The van der Waals surface area contributed by atoms with Crippen molar-refractivity contribution in [1.82, 2.24) is 24.3 Å². The van der Waals surface area contributed by atoms with Crippen LogP contribution in [0.4, 0.5) is 11.5 Å². The number of rotatable bonds is 4. The van der Waals surface area contributed by atoms with E-state index in [0.717, 1.165) is 70.7 Å². The molecule has 1 saturated carbocycles. The molecule has 4 aromatic heterocycles. The molecule has 5 aromatic rings. The number of hydrogen-bond donors (Lipinski definition) is 3. The molecule has 176 valence electrons. The first-order valence-corrected chi connectivity index (χ1v) is 12.0. The van der Waals surface area contributed by atoms with Crippen LogP contribution in [-0.2, 0) is 4.79 Å². The van der Waals surface area contributed by atoms with E-state index in [0.29, 0.717) is 5.82 Å². The summed E-state index contributed by atoms with van der Waals surface area (Å²) in [6.45, 7) is 1.93. The number of anilines is 2. The molecule has 1 aliphatic rings. The lowest BCUT2D eigenvalue weighted by Crippen LogP contribution is -2.27. The predicted octanol–water partition coefficient (Wildman–Crippen LogP) is 5.08. The number of nitrogen functional groups attached to an aromatic ring is 1. The number of aromatic nitrogens is 5. The Hall–Kier alpha value is -4.20. The number of aromatic amines is 1. The first-order chi connectivity index (χ1) is 17.1. The summed E-state index contributed by atoms with van der Waals surface area (Å²) in [5, 5.41) is 4.15. The maximum absolute atomic E-state index is 12.8. The van der Waals surface area contributed by atoms with Crippen LogP contribution < -0.4 is 11.1 Å². The van der Waals surface area contributed by atoms with Crippen LogP contribution in [0.3, 0.4) is 0 Å². The van der Waals surface area contributed by atoms with Gasteiger partial charge in [-0.05, 0) is 56.9 Å². The average molecular weight is 466 g/mol. The van der Waals surface area contributed by atoms with Gasteiger partial charge in [0.05, 0.1) is 17.6 Å². The summed E-state index contributed by atoms with van der Waals surface area (Å²) in [4.78, 5) is 30.0. The lowest BCUT2D eigenvalue weighted by atomic mass is 9.81. The summed E-state index contributed by atoms with van der Waals surface area (Å²) < 4.78 is 2.08. The van der Waals surface area contributed by atoms with Crippen LogP contribution in [0.15, 0.2) is 61.1 Å². The monoisotopic (exact) mass is 465 g/mol. The summed E-state index contributed by atoms with van der Waals surface area (Å²) in [5.41, 5.74) is 11.6.